The van der Waals surface area contributed by atoms with Crippen LogP contribution in [0.4, 0.5) is 0 Å². The molecule has 0 N–H and O–H groups in total. The van der Waals surface area contributed by atoms with Crippen LogP contribution in [-0.2, 0) is 4.79 Å². The van der Waals surface area contributed by atoms with Gasteiger partial charge in [0.2, 0.25) is 0 Å². The van der Waals surface area contributed by atoms with E-state index in [1.54, 1.807) is 6.92 Å². The quantitative estimate of drug-likeness (QED) is 0.728. The van der Waals surface area contributed by atoms with E-state index in [2.05, 4.69) is 57.3 Å². The van der Waals surface area contributed by atoms with E-state index >= 15 is 0 Å². The third kappa shape index (κ3) is 3.53. The molecular weight excluding hydrogens is 224 g/mol. The minimum absolute atomic E-state index is 0.320. The molecule has 1 nitrogen and oxygen atoms in total. The summed E-state index contributed by atoms with van der Waals surface area (Å²) in [5.74, 6) is 0.890. The molecule has 0 aliphatic carbocycles. The predicted molar refractivity (Wildman–Crippen MR) is 77.4 cm³/mol. The minimum atomic E-state index is -1.56. The van der Waals surface area contributed by atoms with Crippen molar-refractivity contribution in [2.45, 2.75) is 45.8 Å². The van der Waals surface area contributed by atoms with Crippen LogP contribution >= 0.6 is 0 Å². The standard InChI is InChI=1S/C15H24OSi/c1-12(2)15(11-13(3)16)17(4,5)14-9-7-6-8-10-14/h6-10,12,15H,11H2,1-5H3. The molecule has 1 aromatic rings. The van der Waals surface area contributed by atoms with Crippen LogP contribution in [0.3, 0.4) is 0 Å². The fourth-order valence-electron chi connectivity index (χ4n) is 2.72. The molecule has 0 spiro atoms. The Balaban J connectivity index is 3.04. The molecule has 0 saturated carbocycles. The Morgan fingerprint density at radius 3 is 2.12 bits per heavy atom. The zero-order chi connectivity index (χ0) is 13.1. The van der Waals surface area contributed by atoms with Gasteiger partial charge < -0.3 is 4.79 Å². The predicted octanol–water partition coefficient (Wildman–Crippen LogP) is 3.61. The Morgan fingerprint density at radius 2 is 1.71 bits per heavy atom. The van der Waals surface area contributed by atoms with Crippen molar-refractivity contribution >= 4 is 19.0 Å². The summed E-state index contributed by atoms with van der Waals surface area (Å²) in [6.45, 7) is 11.0. The lowest BCUT2D eigenvalue weighted by molar-refractivity contribution is -0.117. The normalized spacial score (nSPS) is 13.8. The number of benzene rings is 1. The van der Waals surface area contributed by atoms with Crippen LogP contribution < -0.4 is 5.19 Å². The first-order chi connectivity index (χ1) is 7.85. The van der Waals surface area contributed by atoms with Gasteiger partial charge in [0.1, 0.15) is 5.78 Å². The first kappa shape index (κ1) is 14.2. The second-order valence-corrected chi connectivity index (χ2v) is 10.6. The lowest BCUT2D eigenvalue weighted by Gasteiger charge is -2.35. The second-order valence-electron chi connectivity index (χ2n) is 5.84. The summed E-state index contributed by atoms with van der Waals surface area (Å²) in [6.07, 6.45) is 0.728. The summed E-state index contributed by atoms with van der Waals surface area (Å²) in [4.78, 5) is 11.5. The van der Waals surface area contributed by atoms with Gasteiger partial charge in [0, 0.05) is 6.42 Å². The molecule has 1 rings (SSSR count). The molecule has 1 atom stereocenters. The van der Waals surface area contributed by atoms with E-state index in [0.717, 1.165) is 6.42 Å². The topological polar surface area (TPSA) is 17.1 Å². The number of hydrogen-bond acceptors (Lipinski definition) is 1. The first-order valence-electron chi connectivity index (χ1n) is 6.40. The van der Waals surface area contributed by atoms with Crippen LogP contribution in [0.1, 0.15) is 27.2 Å². The summed E-state index contributed by atoms with van der Waals surface area (Å²) in [5, 5.41) is 1.46. The van der Waals surface area contributed by atoms with Crippen molar-refractivity contribution in [2.75, 3.05) is 0 Å². The van der Waals surface area contributed by atoms with E-state index in [1.165, 1.54) is 5.19 Å². The molecule has 0 aromatic heterocycles. The summed E-state index contributed by atoms with van der Waals surface area (Å²) in [5.41, 5.74) is 0.530. The SMILES string of the molecule is CC(=O)CC(C(C)C)[Si](C)(C)c1ccccc1. The van der Waals surface area contributed by atoms with Crippen molar-refractivity contribution < 1.29 is 4.79 Å². The number of Topliss-reactive ketones (excluding diaryl/α,β-unsaturated/α-hetero) is 1. The Kier molecular flexibility index (Phi) is 4.69. The Morgan fingerprint density at radius 1 is 1.18 bits per heavy atom. The highest BCUT2D eigenvalue weighted by Gasteiger charge is 2.35. The van der Waals surface area contributed by atoms with Crippen molar-refractivity contribution in [3.63, 3.8) is 0 Å². The van der Waals surface area contributed by atoms with Gasteiger partial charge in [0.25, 0.3) is 0 Å². The zero-order valence-electron chi connectivity index (χ0n) is 11.7. The summed E-state index contributed by atoms with van der Waals surface area (Å²) >= 11 is 0. The number of carbonyl (C=O) groups excluding carboxylic acids is 1. The fraction of sp³-hybridized carbons (Fsp3) is 0.533. The van der Waals surface area contributed by atoms with Gasteiger partial charge in [0.05, 0.1) is 8.07 Å². The molecule has 0 amide bonds. The largest absolute Gasteiger partial charge is 0.300 e. The average molecular weight is 248 g/mol. The Hall–Kier alpha value is -0.893. The Labute approximate surface area is 106 Å². The lowest BCUT2D eigenvalue weighted by Crippen LogP contribution is -2.48. The lowest BCUT2D eigenvalue weighted by atomic mass is 10.1. The molecule has 0 aliphatic rings. The van der Waals surface area contributed by atoms with Crippen LogP contribution in [0.2, 0.25) is 18.6 Å². The first-order valence-corrected chi connectivity index (χ1v) is 9.48. The number of carbonyl (C=O) groups is 1. The van der Waals surface area contributed by atoms with Gasteiger partial charge in [-0.15, -0.1) is 0 Å². The highest BCUT2D eigenvalue weighted by Crippen LogP contribution is 2.33. The molecule has 94 valence electrons. The van der Waals surface area contributed by atoms with Gasteiger partial charge in [-0.25, -0.2) is 0 Å². The van der Waals surface area contributed by atoms with E-state index in [1.807, 2.05) is 0 Å². The highest BCUT2D eigenvalue weighted by atomic mass is 28.3. The zero-order valence-corrected chi connectivity index (χ0v) is 12.7. The van der Waals surface area contributed by atoms with Gasteiger partial charge in [-0.1, -0.05) is 62.5 Å². The van der Waals surface area contributed by atoms with Crippen molar-refractivity contribution in [1.82, 2.24) is 0 Å². The fourth-order valence-corrected chi connectivity index (χ4v) is 6.66. The third-order valence-electron chi connectivity index (χ3n) is 3.76. The highest BCUT2D eigenvalue weighted by molar-refractivity contribution is 6.91. The van der Waals surface area contributed by atoms with Crippen molar-refractivity contribution in [1.29, 1.82) is 0 Å². The van der Waals surface area contributed by atoms with Crippen LogP contribution in [0.5, 0.6) is 0 Å². The monoisotopic (exact) mass is 248 g/mol. The number of ketones is 1. The van der Waals surface area contributed by atoms with Crippen molar-refractivity contribution in [2.24, 2.45) is 5.92 Å². The van der Waals surface area contributed by atoms with Crippen molar-refractivity contribution in [3.8, 4) is 0 Å². The van der Waals surface area contributed by atoms with Gasteiger partial charge in [-0.3, -0.25) is 0 Å². The Bertz CT molecular complexity index is 368. The molecule has 0 fully saturated rings. The number of hydrogen-bond donors (Lipinski definition) is 0. The van der Waals surface area contributed by atoms with E-state index in [-0.39, 0.29) is 0 Å². The molecule has 0 heterocycles. The molecule has 0 radical (unpaired) electrons. The average Bonchev–Trinajstić information content (AvgIpc) is 2.26. The molecule has 2 heteroatoms. The van der Waals surface area contributed by atoms with Crippen LogP contribution in [0, 0.1) is 5.92 Å². The summed E-state index contributed by atoms with van der Waals surface area (Å²) < 4.78 is 0. The maximum atomic E-state index is 11.5. The molecule has 1 aromatic carbocycles. The maximum Gasteiger partial charge on any atom is 0.129 e. The van der Waals surface area contributed by atoms with E-state index in [9.17, 15) is 4.79 Å². The van der Waals surface area contributed by atoms with Gasteiger partial charge in [-0.2, -0.15) is 0 Å². The minimum Gasteiger partial charge on any atom is -0.300 e. The van der Waals surface area contributed by atoms with Gasteiger partial charge in [-0.05, 0) is 18.4 Å². The molecule has 0 saturated heterocycles. The van der Waals surface area contributed by atoms with E-state index in [0.29, 0.717) is 17.2 Å². The maximum absolute atomic E-state index is 11.5. The molecule has 1 unspecified atom stereocenters. The molecular formula is C15H24OSi. The molecule has 0 bridgehead atoms. The summed E-state index contributed by atoms with van der Waals surface area (Å²) in [6, 6.07) is 10.7. The third-order valence-corrected chi connectivity index (χ3v) is 8.30. The molecule has 0 aliphatic heterocycles. The van der Waals surface area contributed by atoms with Crippen LogP contribution in [0.25, 0.3) is 0 Å². The van der Waals surface area contributed by atoms with Crippen molar-refractivity contribution in [3.05, 3.63) is 30.3 Å². The van der Waals surface area contributed by atoms with Crippen LogP contribution in [0.15, 0.2) is 30.3 Å². The number of rotatable bonds is 5. The van der Waals surface area contributed by atoms with Gasteiger partial charge in [0.15, 0.2) is 0 Å². The smallest absolute Gasteiger partial charge is 0.129 e. The second kappa shape index (κ2) is 5.63. The van der Waals surface area contributed by atoms with E-state index < -0.39 is 8.07 Å². The summed E-state index contributed by atoms with van der Waals surface area (Å²) in [7, 11) is -1.56. The van der Waals surface area contributed by atoms with E-state index in [4.69, 9.17) is 0 Å². The van der Waals surface area contributed by atoms with Crippen LogP contribution in [-0.4, -0.2) is 13.9 Å². The van der Waals surface area contributed by atoms with Gasteiger partial charge >= 0.3 is 0 Å². The molecule has 17 heavy (non-hydrogen) atoms.